The van der Waals surface area contributed by atoms with Crippen molar-refractivity contribution >= 4 is 0 Å². The van der Waals surface area contributed by atoms with E-state index >= 15 is 0 Å². The maximum Gasteiger partial charge on any atom is 0.0531 e. The van der Waals surface area contributed by atoms with Crippen LogP contribution in [0.15, 0.2) is 0 Å². The van der Waals surface area contributed by atoms with E-state index in [1.807, 2.05) is 0 Å². The monoisotopic (exact) mass is 311 g/mol. The molecule has 3 fully saturated rings. The fraction of sp³-hybridized carbons (Fsp3) is 1.00. The normalized spacial score (nSPS) is 26.6. The van der Waals surface area contributed by atoms with Gasteiger partial charge in [0.1, 0.15) is 0 Å². The molecule has 0 atom stereocenters. The number of hydrogen-bond donors (Lipinski definition) is 3. The predicted molar refractivity (Wildman–Crippen MR) is 89.8 cm³/mol. The van der Waals surface area contributed by atoms with E-state index in [2.05, 4.69) is 35.6 Å². The zero-order valence-electron chi connectivity index (χ0n) is 13.9. The largest absolute Gasteiger partial charge is 0.314 e. The van der Waals surface area contributed by atoms with E-state index in [1.165, 1.54) is 39.3 Å². The molecule has 3 rings (SSSR count). The lowest BCUT2D eigenvalue weighted by Gasteiger charge is -2.40. The molecule has 0 unspecified atom stereocenters. The Morgan fingerprint density at radius 1 is 0.500 bits per heavy atom. The Kier molecular flexibility index (Phi) is 6.87. The van der Waals surface area contributed by atoms with Crippen molar-refractivity contribution in [2.24, 2.45) is 0 Å². The second-order valence-electron chi connectivity index (χ2n) is 6.70. The van der Waals surface area contributed by atoms with Crippen LogP contribution in [0, 0.1) is 0 Å². The quantitative estimate of drug-likeness (QED) is 0.518. The van der Waals surface area contributed by atoms with Crippen LogP contribution in [0.25, 0.3) is 0 Å². The van der Waals surface area contributed by atoms with E-state index in [1.54, 1.807) is 0 Å². The minimum atomic E-state index is 1.11. The van der Waals surface area contributed by atoms with Crippen LogP contribution in [0.4, 0.5) is 0 Å². The molecule has 0 aliphatic carbocycles. The van der Waals surface area contributed by atoms with Gasteiger partial charge in [-0.3, -0.25) is 19.6 Å². The van der Waals surface area contributed by atoms with Gasteiger partial charge in [-0.1, -0.05) is 0 Å². The summed E-state index contributed by atoms with van der Waals surface area (Å²) in [5.41, 5.74) is 0. The zero-order chi connectivity index (χ0) is 15.0. The minimum Gasteiger partial charge on any atom is -0.314 e. The molecule has 3 aliphatic heterocycles. The summed E-state index contributed by atoms with van der Waals surface area (Å²) in [4.78, 5) is 10.4. The smallest absolute Gasteiger partial charge is 0.0531 e. The van der Waals surface area contributed by atoms with Crippen LogP contribution in [0.3, 0.4) is 0 Å². The van der Waals surface area contributed by atoms with Crippen molar-refractivity contribution in [3.63, 3.8) is 0 Å². The van der Waals surface area contributed by atoms with Gasteiger partial charge in [-0.15, -0.1) is 0 Å². The molecule has 7 heteroatoms. The zero-order valence-corrected chi connectivity index (χ0v) is 13.9. The van der Waals surface area contributed by atoms with E-state index in [9.17, 15) is 0 Å². The molecule has 0 aromatic rings. The third-order valence-corrected chi connectivity index (χ3v) is 4.83. The highest BCUT2D eigenvalue weighted by Gasteiger charge is 2.20. The van der Waals surface area contributed by atoms with Crippen LogP contribution in [0.5, 0.6) is 0 Å². The Morgan fingerprint density at radius 2 is 0.773 bits per heavy atom. The Balaban J connectivity index is 1.50. The summed E-state index contributed by atoms with van der Waals surface area (Å²) in [5, 5.41) is 10.4. The number of nitrogens with one attached hydrogen (secondary N) is 3. The average Bonchev–Trinajstić information content (AvgIpc) is 2.57. The molecule has 7 nitrogen and oxygen atoms in total. The highest BCUT2D eigenvalue weighted by molar-refractivity contribution is 4.74. The van der Waals surface area contributed by atoms with Crippen LogP contribution in [-0.2, 0) is 0 Å². The third-order valence-electron chi connectivity index (χ3n) is 4.83. The lowest BCUT2D eigenvalue weighted by molar-refractivity contribution is 0.0145. The number of nitrogens with zero attached hydrogens (tertiary/aromatic N) is 4. The molecule has 128 valence electrons. The average molecular weight is 311 g/mol. The fourth-order valence-corrected chi connectivity index (χ4v) is 3.54. The molecule has 3 heterocycles. The number of piperazine rings is 3. The summed E-state index contributed by atoms with van der Waals surface area (Å²) in [6.07, 6.45) is 0. The lowest BCUT2D eigenvalue weighted by Crippen LogP contribution is -2.56. The Hall–Kier alpha value is -0.280. The molecule has 0 amide bonds. The van der Waals surface area contributed by atoms with Crippen molar-refractivity contribution < 1.29 is 0 Å². The Labute approximate surface area is 135 Å². The van der Waals surface area contributed by atoms with Crippen LogP contribution in [0.1, 0.15) is 0 Å². The van der Waals surface area contributed by atoms with E-state index in [4.69, 9.17) is 0 Å². The summed E-state index contributed by atoms with van der Waals surface area (Å²) < 4.78 is 0. The van der Waals surface area contributed by atoms with Crippen molar-refractivity contribution in [3.05, 3.63) is 0 Å². The van der Waals surface area contributed by atoms with Crippen LogP contribution in [0.2, 0.25) is 0 Å². The van der Waals surface area contributed by atoms with Crippen molar-refractivity contribution in [1.82, 2.24) is 35.6 Å². The van der Waals surface area contributed by atoms with Crippen LogP contribution in [-0.4, -0.2) is 118 Å². The molecule has 3 N–H and O–H groups in total. The molecule has 0 aromatic heterocycles. The van der Waals surface area contributed by atoms with Gasteiger partial charge in [-0.05, 0) is 0 Å². The molecule has 0 bridgehead atoms. The van der Waals surface area contributed by atoms with Gasteiger partial charge in [0.2, 0.25) is 0 Å². The Morgan fingerprint density at radius 3 is 1.05 bits per heavy atom. The highest BCUT2D eigenvalue weighted by atomic mass is 15.4. The van der Waals surface area contributed by atoms with Gasteiger partial charge in [0, 0.05) is 78.5 Å². The van der Waals surface area contributed by atoms with Gasteiger partial charge in [-0.25, -0.2) is 0 Å². The molecule has 0 radical (unpaired) electrons. The van der Waals surface area contributed by atoms with Crippen LogP contribution < -0.4 is 16.0 Å². The number of rotatable bonds is 6. The second-order valence-corrected chi connectivity index (χ2v) is 6.70. The topological polar surface area (TPSA) is 49.1 Å². The lowest BCUT2D eigenvalue weighted by atomic mass is 10.3. The summed E-state index contributed by atoms with van der Waals surface area (Å²) >= 11 is 0. The third kappa shape index (κ3) is 5.42. The fourth-order valence-electron chi connectivity index (χ4n) is 3.54. The summed E-state index contributed by atoms with van der Waals surface area (Å²) in [6.45, 7) is 17.2. The maximum absolute atomic E-state index is 3.45. The van der Waals surface area contributed by atoms with Gasteiger partial charge in [-0.2, -0.15) is 0 Å². The van der Waals surface area contributed by atoms with E-state index in [-0.39, 0.29) is 0 Å². The molecule has 0 spiro atoms. The van der Waals surface area contributed by atoms with E-state index < -0.39 is 0 Å². The van der Waals surface area contributed by atoms with Crippen molar-refractivity contribution in [1.29, 1.82) is 0 Å². The molecule has 22 heavy (non-hydrogen) atoms. The van der Waals surface area contributed by atoms with E-state index in [0.29, 0.717) is 0 Å². The summed E-state index contributed by atoms with van der Waals surface area (Å²) in [5.74, 6) is 0. The first-order chi connectivity index (χ1) is 10.9. The Bertz CT molecular complexity index is 249. The first-order valence-corrected chi connectivity index (χ1v) is 8.92. The maximum atomic E-state index is 3.45. The first-order valence-electron chi connectivity index (χ1n) is 8.92. The molecule has 0 saturated carbocycles. The second kappa shape index (κ2) is 9.12. The standard InChI is InChI=1S/C15H33N7/c1-7-19(8-2-16-1)13-22(14-20-9-3-17-4-10-20)15-21-11-5-18-6-12-21/h16-18H,1-15H2. The van der Waals surface area contributed by atoms with Gasteiger partial charge in [0.05, 0.1) is 20.0 Å². The van der Waals surface area contributed by atoms with Gasteiger partial charge in [0.25, 0.3) is 0 Å². The summed E-state index contributed by atoms with van der Waals surface area (Å²) in [7, 11) is 0. The van der Waals surface area contributed by atoms with Gasteiger partial charge >= 0.3 is 0 Å². The highest BCUT2D eigenvalue weighted by Crippen LogP contribution is 2.04. The first kappa shape index (κ1) is 16.6. The molecule has 0 aromatic carbocycles. The SMILES string of the molecule is C1CN(CN(CN2CCNCC2)CN2CCNCC2)CCN1. The molecular weight excluding hydrogens is 278 g/mol. The summed E-state index contributed by atoms with van der Waals surface area (Å²) in [6, 6.07) is 0. The molecule has 3 aliphatic rings. The van der Waals surface area contributed by atoms with Crippen molar-refractivity contribution in [3.8, 4) is 0 Å². The minimum absolute atomic E-state index is 1.11. The van der Waals surface area contributed by atoms with Crippen molar-refractivity contribution in [2.75, 3.05) is 98.5 Å². The van der Waals surface area contributed by atoms with Gasteiger partial charge in [0.15, 0.2) is 0 Å². The van der Waals surface area contributed by atoms with Crippen LogP contribution >= 0.6 is 0 Å². The van der Waals surface area contributed by atoms with E-state index in [0.717, 1.165) is 59.3 Å². The molecule has 3 saturated heterocycles. The predicted octanol–water partition coefficient (Wildman–Crippen LogP) is -2.12. The van der Waals surface area contributed by atoms with Gasteiger partial charge < -0.3 is 16.0 Å². The number of hydrogen-bond acceptors (Lipinski definition) is 7. The van der Waals surface area contributed by atoms with Crippen molar-refractivity contribution in [2.45, 2.75) is 0 Å². The molecular formula is C15H33N7.